The number of hydrogen-bond donors (Lipinski definition) is 0. The van der Waals surface area contributed by atoms with Crippen LogP contribution in [-0.2, 0) is 12.8 Å². The molecule has 3 heteroatoms. The number of rotatable bonds is 2. The van der Waals surface area contributed by atoms with Gasteiger partial charge in [0.15, 0.2) is 0 Å². The molecular weight excluding hydrogens is 384 g/mol. The molecule has 96 valence electrons. The zero-order chi connectivity index (χ0) is 12.7. The quantitative estimate of drug-likeness (QED) is 0.529. The molecule has 0 atom stereocenters. The molecule has 0 N–H and O–H groups in total. The van der Waals surface area contributed by atoms with Gasteiger partial charge in [0.05, 0.1) is 0 Å². The van der Waals surface area contributed by atoms with E-state index < -0.39 is 0 Å². The maximum absolute atomic E-state index is 2.32. The van der Waals surface area contributed by atoms with Gasteiger partial charge in [-0.2, -0.15) is 0 Å². The van der Waals surface area contributed by atoms with Gasteiger partial charge in [-0.1, -0.05) is 0 Å². The summed E-state index contributed by atoms with van der Waals surface area (Å²) in [5, 5.41) is 4.45. The maximum atomic E-state index is 2.32. The summed E-state index contributed by atoms with van der Waals surface area (Å²) in [6, 6.07) is 9.04. The van der Waals surface area contributed by atoms with Crippen molar-refractivity contribution in [2.24, 2.45) is 0 Å². The Labute approximate surface area is 131 Å². The van der Waals surface area contributed by atoms with Crippen LogP contribution in [0, 0.1) is 0 Å². The summed E-state index contributed by atoms with van der Waals surface area (Å²) in [7, 11) is 0. The van der Waals surface area contributed by atoms with Crippen molar-refractivity contribution in [3.05, 3.63) is 46.2 Å². The van der Waals surface area contributed by atoms with Gasteiger partial charge < -0.3 is 0 Å². The van der Waals surface area contributed by atoms with Crippen molar-refractivity contribution in [2.75, 3.05) is 0 Å². The van der Waals surface area contributed by atoms with Crippen LogP contribution >= 0.6 is 22.7 Å². The van der Waals surface area contributed by atoms with Gasteiger partial charge in [0.25, 0.3) is 0 Å². The van der Waals surface area contributed by atoms with E-state index in [2.05, 4.69) is 35.0 Å². The molecule has 0 aliphatic heterocycles. The summed E-state index contributed by atoms with van der Waals surface area (Å²) in [6.07, 6.45) is 5.42. The van der Waals surface area contributed by atoms with Crippen LogP contribution in [0.15, 0.2) is 35.0 Å². The fourth-order valence-corrected chi connectivity index (χ4v) is 9.14. The van der Waals surface area contributed by atoms with E-state index in [0.717, 1.165) is 0 Å². The Bertz CT molecular complexity index is 616. The molecule has 3 heterocycles. The van der Waals surface area contributed by atoms with Crippen LogP contribution in [0.5, 0.6) is 0 Å². The van der Waals surface area contributed by atoms with E-state index in [9.17, 15) is 0 Å². The summed E-state index contributed by atoms with van der Waals surface area (Å²) in [6.45, 7) is 0. The Morgan fingerprint density at radius 2 is 1.32 bits per heavy atom. The Kier molecular flexibility index (Phi) is 3.41. The second-order valence-electron chi connectivity index (χ2n) is 4.88. The Hall–Kier alpha value is -0.330. The fraction of sp³-hybridized carbons (Fsp3) is 0.250. The molecule has 0 spiro atoms. The van der Waals surface area contributed by atoms with E-state index in [0.29, 0.717) is 0 Å². The van der Waals surface area contributed by atoms with Crippen molar-refractivity contribution in [2.45, 2.75) is 25.7 Å². The molecule has 0 bridgehead atoms. The fourth-order valence-electron chi connectivity index (χ4n) is 2.85. The third-order valence-electron chi connectivity index (χ3n) is 3.71. The average molecular weight is 398 g/mol. The molecule has 4 rings (SSSR count). The summed E-state index contributed by atoms with van der Waals surface area (Å²) in [5.74, 6) is 0. The first-order chi connectivity index (χ1) is 9.43. The Morgan fingerprint density at radius 1 is 0.789 bits per heavy atom. The van der Waals surface area contributed by atoms with E-state index in [-0.39, 0.29) is 20.4 Å². The summed E-state index contributed by atoms with van der Waals surface area (Å²) in [4.78, 5) is 3.09. The van der Waals surface area contributed by atoms with E-state index in [1.165, 1.54) is 25.7 Å². The van der Waals surface area contributed by atoms with Crippen molar-refractivity contribution in [3.63, 3.8) is 0 Å². The Morgan fingerprint density at radius 3 is 1.74 bits per heavy atom. The molecule has 0 amide bonds. The van der Waals surface area contributed by atoms with Gasteiger partial charge in [-0.25, -0.2) is 0 Å². The Balaban J connectivity index is 1.93. The SMILES string of the molecule is c1csc(-c2[te]c(-c3cccs3)c3c2CCCC3)c1. The normalized spacial score (nSPS) is 14.5. The second-order valence-corrected chi connectivity index (χ2v) is 9.69. The molecule has 1 aliphatic rings. The molecule has 3 aromatic rings. The van der Waals surface area contributed by atoms with Gasteiger partial charge in [0, 0.05) is 0 Å². The zero-order valence-electron chi connectivity index (χ0n) is 10.5. The average Bonchev–Trinajstić information content (AvgIpc) is 3.18. The van der Waals surface area contributed by atoms with Crippen LogP contribution in [0.1, 0.15) is 24.0 Å². The summed E-state index contributed by atoms with van der Waals surface area (Å²) in [5.41, 5.74) is 3.47. The van der Waals surface area contributed by atoms with Crippen LogP contribution in [0.2, 0.25) is 0 Å². The van der Waals surface area contributed by atoms with Crippen molar-refractivity contribution < 1.29 is 0 Å². The molecule has 1 aliphatic carbocycles. The molecular formula is C16H14S2Te. The van der Waals surface area contributed by atoms with Crippen molar-refractivity contribution in [1.82, 2.24) is 0 Å². The molecule has 19 heavy (non-hydrogen) atoms. The third-order valence-corrected chi connectivity index (χ3v) is 10.1. The van der Waals surface area contributed by atoms with E-state index in [1.807, 2.05) is 22.7 Å². The predicted molar refractivity (Wildman–Crippen MR) is 86.7 cm³/mol. The number of fused-ring (bicyclic) bond motifs is 1. The van der Waals surface area contributed by atoms with Crippen LogP contribution < -0.4 is 0 Å². The van der Waals surface area contributed by atoms with Gasteiger partial charge in [-0.05, 0) is 0 Å². The first-order valence-electron chi connectivity index (χ1n) is 6.66. The third kappa shape index (κ3) is 2.17. The topological polar surface area (TPSA) is 0 Å². The number of hydrogen-bond acceptors (Lipinski definition) is 2. The molecule has 0 nitrogen and oxygen atoms in total. The molecule has 0 unspecified atom stereocenters. The molecule has 0 saturated carbocycles. The van der Waals surface area contributed by atoms with Gasteiger partial charge in [-0.3, -0.25) is 0 Å². The number of thiophene rings is 2. The first kappa shape index (κ1) is 12.4. The van der Waals surface area contributed by atoms with E-state index >= 15 is 0 Å². The zero-order valence-corrected chi connectivity index (χ0v) is 14.5. The van der Waals surface area contributed by atoms with E-state index in [1.54, 1.807) is 28.0 Å². The first-order valence-corrected chi connectivity index (χ1v) is 10.7. The van der Waals surface area contributed by atoms with Gasteiger partial charge in [-0.15, -0.1) is 0 Å². The van der Waals surface area contributed by atoms with Crippen molar-refractivity contribution >= 4 is 43.1 Å². The molecule has 0 aromatic carbocycles. The van der Waals surface area contributed by atoms with Crippen molar-refractivity contribution in [3.8, 4) is 16.9 Å². The molecule has 0 radical (unpaired) electrons. The van der Waals surface area contributed by atoms with Crippen LogP contribution in [0.25, 0.3) is 16.9 Å². The summed E-state index contributed by atoms with van der Waals surface area (Å²) < 4.78 is 3.50. The minimum absolute atomic E-state index is 0.172. The summed E-state index contributed by atoms with van der Waals surface area (Å²) >= 11 is 3.68. The second kappa shape index (κ2) is 5.22. The molecule has 3 aromatic heterocycles. The van der Waals surface area contributed by atoms with Gasteiger partial charge >= 0.3 is 132 Å². The van der Waals surface area contributed by atoms with Crippen LogP contribution in [-0.4, -0.2) is 20.4 Å². The minimum atomic E-state index is -0.172. The van der Waals surface area contributed by atoms with Crippen LogP contribution in [0.3, 0.4) is 0 Å². The predicted octanol–water partition coefficient (Wildman–Crippen LogP) is 5.08. The van der Waals surface area contributed by atoms with Gasteiger partial charge in [0.1, 0.15) is 0 Å². The monoisotopic (exact) mass is 400 g/mol. The van der Waals surface area contributed by atoms with E-state index in [4.69, 9.17) is 0 Å². The standard InChI is InChI=1S/C16H14S2Te/c1-2-6-12-11(5-1)15(13-7-3-9-17-13)19-16(12)14-8-4-10-18-14/h3-4,7-10H,1-2,5-6H2. The van der Waals surface area contributed by atoms with Crippen LogP contribution in [0.4, 0.5) is 0 Å². The molecule has 0 fully saturated rings. The van der Waals surface area contributed by atoms with Crippen molar-refractivity contribution in [1.29, 1.82) is 0 Å². The van der Waals surface area contributed by atoms with Gasteiger partial charge in [0.2, 0.25) is 0 Å². The molecule has 0 saturated heterocycles.